The molecule has 1 aliphatic rings. The number of pyridine rings is 1. The zero-order valence-electron chi connectivity index (χ0n) is 10.1. The van der Waals surface area contributed by atoms with Gasteiger partial charge in [-0.25, -0.2) is 0 Å². The third-order valence-electron chi connectivity index (χ3n) is 3.11. The van der Waals surface area contributed by atoms with Gasteiger partial charge in [0.05, 0.1) is 10.9 Å². The minimum atomic E-state index is 0.440. The van der Waals surface area contributed by atoms with Crippen molar-refractivity contribution in [3.8, 4) is 0 Å². The summed E-state index contributed by atoms with van der Waals surface area (Å²) in [6.45, 7) is 5.40. The van der Waals surface area contributed by atoms with E-state index >= 15 is 0 Å². The van der Waals surface area contributed by atoms with Crippen LogP contribution >= 0.6 is 11.8 Å². The highest BCUT2D eigenvalue weighted by molar-refractivity contribution is 8.00. The molecule has 0 spiro atoms. The van der Waals surface area contributed by atoms with Gasteiger partial charge in [0.25, 0.3) is 0 Å². The molecule has 2 heterocycles. The SMILES string of the molecule is Cc1ccc2cc(C3NCC(C)S3)ccc2n1. The third kappa shape index (κ3) is 2.17. The second kappa shape index (κ2) is 4.31. The van der Waals surface area contributed by atoms with Crippen molar-refractivity contribution in [1.82, 2.24) is 10.3 Å². The van der Waals surface area contributed by atoms with E-state index in [2.05, 4.69) is 47.6 Å². The average molecular weight is 244 g/mol. The normalized spacial score (nSPS) is 24.4. The van der Waals surface area contributed by atoms with Crippen LogP contribution in [0.1, 0.15) is 23.6 Å². The van der Waals surface area contributed by atoms with Crippen LogP contribution in [0.3, 0.4) is 0 Å². The van der Waals surface area contributed by atoms with E-state index in [-0.39, 0.29) is 0 Å². The van der Waals surface area contributed by atoms with Crippen molar-refractivity contribution in [3.63, 3.8) is 0 Å². The predicted octanol–water partition coefficient (Wildman–Crippen LogP) is 3.27. The minimum Gasteiger partial charge on any atom is -0.301 e. The number of aryl methyl sites for hydroxylation is 1. The Morgan fingerprint density at radius 3 is 2.94 bits per heavy atom. The number of nitrogens with one attached hydrogen (secondary N) is 1. The lowest BCUT2D eigenvalue weighted by Crippen LogP contribution is -2.13. The summed E-state index contributed by atoms with van der Waals surface area (Å²) in [5, 5.41) is 5.91. The molecule has 1 N–H and O–H groups in total. The maximum absolute atomic E-state index is 4.53. The van der Waals surface area contributed by atoms with Crippen LogP contribution in [0.5, 0.6) is 0 Å². The smallest absolute Gasteiger partial charge is 0.0793 e. The number of fused-ring (bicyclic) bond motifs is 1. The number of hydrogen-bond acceptors (Lipinski definition) is 3. The molecule has 2 unspecified atom stereocenters. The summed E-state index contributed by atoms with van der Waals surface area (Å²) in [6, 6.07) is 10.8. The molecule has 1 aliphatic heterocycles. The highest BCUT2D eigenvalue weighted by atomic mass is 32.2. The molecule has 0 saturated carbocycles. The van der Waals surface area contributed by atoms with Crippen LogP contribution < -0.4 is 5.32 Å². The number of aromatic nitrogens is 1. The van der Waals surface area contributed by atoms with Gasteiger partial charge in [0.1, 0.15) is 0 Å². The summed E-state index contributed by atoms with van der Waals surface area (Å²) in [7, 11) is 0. The first-order chi connectivity index (χ1) is 8.22. The molecule has 0 aliphatic carbocycles. The Morgan fingerprint density at radius 2 is 2.18 bits per heavy atom. The Balaban J connectivity index is 1.99. The van der Waals surface area contributed by atoms with E-state index in [9.17, 15) is 0 Å². The molecule has 88 valence electrons. The quantitative estimate of drug-likeness (QED) is 0.833. The van der Waals surface area contributed by atoms with Gasteiger partial charge < -0.3 is 5.32 Å². The van der Waals surface area contributed by atoms with Crippen molar-refractivity contribution in [2.45, 2.75) is 24.5 Å². The molecule has 1 saturated heterocycles. The van der Waals surface area contributed by atoms with E-state index in [1.165, 1.54) is 10.9 Å². The topological polar surface area (TPSA) is 24.9 Å². The Hall–Kier alpha value is -1.06. The Bertz CT molecular complexity index is 553. The van der Waals surface area contributed by atoms with Crippen LogP contribution in [0.25, 0.3) is 10.9 Å². The first kappa shape index (κ1) is 11.1. The number of hydrogen-bond donors (Lipinski definition) is 1. The molecule has 2 atom stereocenters. The molecule has 1 aromatic heterocycles. The maximum Gasteiger partial charge on any atom is 0.0793 e. The van der Waals surface area contributed by atoms with Gasteiger partial charge in [-0.05, 0) is 30.7 Å². The highest BCUT2D eigenvalue weighted by Crippen LogP contribution is 2.35. The van der Waals surface area contributed by atoms with Gasteiger partial charge in [0, 0.05) is 22.9 Å². The first-order valence-corrected chi connectivity index (χ1v) is 6.93. The van der Waals surface area contributed by atoms with E-state index < -0.39 is 0 Å². The number of rotatable bonds is 1. The van der Waals surface area contributed by atoms with Crippen molar-refractivity contribution < 1.29 is 0 Å². The van der Waals surface area contributed by atoms with Gasteiger partial charge in [0.15, 0.2) is 0 Å². The molecule has 1 fully saturated rings. The fourth-order valence-electron chi connectivity index (χ4n) is 2.21. The number of benzene rings is 1. The molecule has 3 rings (SSSR count). The summed E-state index contributed by atoms with van der Waals surface area (Å²) in [4.78, 5) is 4.53. The predicted molar refractivity (Wildman–Crippen MR) is 74.3 cm³/mol. The summed E-state index contributed by atoms with van der Waals surface area (Å²) >= 11 is 2.00. The minimum absolute atomic E-state index is 0.440. The molecular formula is C14H16N2S. The molecule has 1 aromatic carbocycles. The second-order valence-corrected chi connectivity index (χ2v) is 6.19. The molecule has 0 bridgehead atoms. The first-order valence-electron chi connectivity index (χ1n) is 5.98. The molecular weight excluding hydrogens is 228 g/mol. The Morgan fingerprint density at radius 1 is 1.29 bits per heavy atom. The maximum atomic E-state index is 4.53. The van der Waals surface area contributed by atoms with E-state index in [0.717, 1.165) is 17.8 Å². The van der Waals surface area contributed by atoms with Crippen LogP contribution in [0.15, 0.2) is 30.3 Å². The lowest BCUT2D eigenvalue weighted by molar-refractivity contribution is 0.718. The van der Waals surface area contributed by atoms with Crippen LogP contribution in [0.2, 0.25) is 0 Å². The average Bonchev–Trinajstić information content (AvgIpc) is 2.75. The van der Waals surface area contributed by atoms with E-state index in [4.69, 9.17) is 0 Å². The van der Waals surface area contributed by atoms with Gasteiger partial charge in [0.2, 0.25) is 0 Å². The van der Waals surface area contributed by atoms with Gasteiger partial charge >= 0.3 is 0 Å². The molecule has 2 aromatic rings. The van der Waals surface area contributed by atoms with Crippen molar-refractivity contribution in [2.75, 3.05) is 6.54 Å². The van der Waals surface area contributed by atoms with Crippen LogP contribution in [0, 0.1) is 6.92 Å². The van der Waals surface area contributed by atoms with Crippen LogP contribution in [-0.2, 0) is 0 Å². The van der Waals surface area contributed by atoms with Crippen molar-refractivity contribution >= 4 is 22.7 Å². The van der Waals surface area contributed by atoms with Gasteiger partial charge in [-0.1, -0.05) is 19.1 Å². The zero-order valence-corrected chi connectivity index (χ0v) is 10.9. The van der Waals surface area contributed by atoms with Crippen molar-refractivity contribution in [1.29, 1.82) is 0 Å². The second-order valence-electron chi connectivity index (χ2n) is 4.64. The third-order valence-corrected chi connectivity index (χ3v) is 4.46. The number of nitrogens with zero attached hydrogens (tertiary/aromatic N) is 1. The summed E-state index contributed by atoms with van der Waals surface area (Å²) < 4.78 is 0. The fourth-order valence-corrected chi connectivity index (χ4v) is 3.36. The van der Waals surface area contributed by atoms with Gasteiger partial charge in [-0.2, -0.15) is 0 Å². The van der Waals surface area contributed by atoms with Gasteiger partial charge in [-0.15, -0.1) is 11.8 Å². The lowest BCUT2D eigenvalue weighted by atomic mass is 10.1. The highest BCUT2D eigenvalue weighted by Gasteiger charge is 2.22. The molecule has 3 heteroatoms. The summed E-state index contributed by atoms with van der Waals surface area (Å²) in [5.74, 6) is 0. The molecule has 0 amide bonds. The lowest BCUT2D eigenvalue weighted by Gasteiger charge is -2.11. The van der Waals surface area contributed by atoms with Crippen molar-refractivity contribution in [3.05, 3.63) is 41.6 Å². The standard InChI is InChI=1S/C14H16N2S/c1-9-3-4-11-7-12(5-6-13(11)16-9)14-15-8-10(2)17-14/h3-7,10,14-15H,8H2,1-2H3. The monoisotopic (exact) mass is 244 g/mol. The Kier molecular flexibility index (Phi) is 2.81. The number of thioether (sulfide) groups is 1. The molecule has 0 radical (unpaired) electrons. The van der Waals surface area contributed by atoms with Gasteiger partial charge in [-0.3, -0.25) is 4.98 Å². The van der Waals surface area contributed by atoms with Crippen LogP contribution in [0.4, 0.5) is 0 Å². The van der Waals surface area contributed by atoms with Crippen LogP contribution in [-0.4, -0.2) is 16.8 Å². The zero-order chi connectivity index (χ0) is 11.8. The molecule has 2 nitrogen and oxygen atoms in total. The van der Waals surface area contributed by atoms with E-state index in [0.29, 0.717) is 10.6 Å². The Labute approximate surface area is 106 Å². The summed E-state index contributed by atoms with van der Waals surface area (Å²) in [6.07, 6.45) is 0. The van der Waals surface area contributed by atoms with E-state index in [1.807, 2.05) is 18.7 Å². The summed E-state index contributed by atoms with van der Waals surface area (Å²) in [5.41, 5.74) is 3.52. The van der Waals surface area contributed by atoms with E-state index in [1.54, 1.807) is 0 Å². The van der Waals surface area contributed by atoms with Crippen molar-refractivity contribution in [2.24, 2.45) is 0 Å². The largest absolute Gasteiger partial charge is 0.301 e. The fraction of sp³-hybridized carbons (Fsp3) is 0.357. The molecule has 17 heavy (non-hydrogen) atoms.